The summed E-state index contributed by atoms with van der Waals surface area (Å²) in [5.41, 5.74) is 0. The van der Waals surface area contributed by atoms with Crippen LogP contribution in [0.15, 0.2) is 0 Å². The van der Waals surface area contributed by atoms with Crippen molar-refractivity contribution in [2.45, 2.75) is 45.6 Å². The summed E-state index contributed by atoms with van der Waals surface area (Å²) >= 11 is 0. The summed E-state index contributed by atoms with van der Waals surface area (Å²) in [6, 6.07) is -0.0797. The minimum Gasteiger partial charge on any atom is -0.354 e. The summed E-state index contributed by atoms with van der Waals surface area (Å²) in [6.07, 6.45) is 5.28. The van der Waals surface area contributed by atoms with Crippen LogP contribution in [0.3, 0.4) is 0 Å². The molecule has 0 aromatic heterocycles. The molecule has 1 rings (SSSR count). The fourth-order valence-corrected chi connectivity index (χ4v) is 2.21. The molecular formula is C12H24N2O. The number of hydrogen-bond donors (Lipinski definition) is 2. The Morgan fingerprint density at radius 1 is 1.40 bits per heavy atom. The lowest BCUT2D eigenvalue weighted by atomic mass is 9.80. The van der Waals surface area contributed by atoms with Gasteiger partial charge in [0.25, 0.3) is 0 Å². The fraction of sp³-hybridized carbons (Fsp3) is 0.917. The molecule has 0 aromatic rings. The van der Waals surface area contributed by atoms with Crippen molar-refractivity contribution in [3.63, 3.8) is 0 Å². The number of likely N-dealkylation sites (N-methyl/N-ethyl adjacent to an activating group) is 1. The van der Waals surface area contributed by atoms with Gasteiger partial charge < -0.3 is 10.6 Å². The number of hydrogen-bond acceptors (Lipinski definition) is 2. The molecule has 0 bridgehead atoms. The van der Waals surface area contributed by atoms with Gasteiger partial charge in [-0.15, -0.1) is 0 Å². The molecule has 1 fully saturated rings. The van der Waals surface area contributed by atoms with E-state index in [4.69, 9.17) is 0 Å². The third-order valence-corrected chi connectivity index (χ3v) is 3.65. The van der Waals surface area contributed by atoms with Crippen molar-refractivity contribution in [2.75, 3.05) is 13.6 Å². The van der Waals surface area contributed by atoms with Gasteiger partial charge in [-0.3, -0.25) is 4.79 Å². The first kappa shape index (κ1) is 12.5. The summed E-state index contributed by atoms with van der Waals surface area (Å²) in [4.78, 5) is 11.5. The number of carbonyl (C=O) groups is 1. The lowest BCUT2D eigenvalue weighted by Gasteiger charge is -2.29. The molecule has 1 saturated carbocycles. The maximum absolute atomic E-state index is 11.5. The molecule has 1 aliphatic rings. The number of rotatable bonds is 4. The minimum absolute atomic E-state index is 0.0797. The molecule has 0 heterocycles. The van der Waals surface area contributed by atoms with Gasteiger partial charge in [-0.1, -0.05) is 26.2 Å². The van der Waals surface area contributed by atoms with Crippen molar-refractivity contribution < 1.29 is 4.79 Å². The predicted octanol–water partition coefficient (Wildman–Crippen LogP) is 1.54. The molecule has 0 aliphatic heterocycles. The lowest BCUT2D eigenvalue weighted by Crippen LogP contribution is -2.43. The molecule has 3 heteroatoms. The molecule has 1 aliphatic carbocycles. The van der Waals surface area contributed by atoms with E-state index in [9.17, 15) is 4.79 Å². The van der Waals surface area contributed by atoms with E-state index >= 15 is 0 Å². The molecule has 0 radical (unpaired) electrons. The van der Waals surface area contributed by atoms with Gasteiger partial charge in [-0.25, -0.2) is 0 Å². The van der Waals surface area contributed by atoms with Crippen molar-refractivity contribution in [2.24, 2.45) is 11.8 Å². The van der Waals surface area contributed by atoms with Gasteiger partial charge in [-0.2, -0.15) is 0 Å². The maximum atomic E-state index is 11.5. The average Bonchev–Trinajstić information content (AvgIpc) is 2.26. The van der Waals surface area contributed by atoms with Crippen LogP contribution in [-0.2, 0) is 4.79 Å². The quantitative estimate of drug-likeness (QED) is 0.742. The van der Waals surface area contributed by atoms with E-state index in [0.29, 0.717) is 5.92 Å². The Kier molecular flexibility index (Phi) is 5.09. The monoisotopic (exact) mass is 212 g/mol. The largest absolute Gasteiger partial charge is 0.354 e. The highest BCUT2D eigenvalue weighted by atomic mass is 16.2. The summed E-state index contributed by atoms with van der Waals surface area (Å²) in [5.74, 6) is 1.57. The van der Waals surface area contributed by atoms with E-state index in [1.165, 1.54) is 25.7 Å². The van der Waals surface area contributed by atoms with Crippen LogP contribution in [-0.4, -0.2) is 25.5 Å². The number of carbonyl (C=O) groups excluding carboxylic acids is 1. The van der Waals surface area contributed by atoms with Crippen LogP contribution in [0.25, 0.3) is 0 Å². The van der Waals surface area contributed by atoms with Gasteiger partial charge in [0.2, 0.25) is 5.91 Å². The predicted molar refractivity (Wildman–Crippen MR) is 62.7 cm³/mol. The Balaban J connectivity index is 2.26. The summed E-state index contributed by atoms with van der Waals surface area (Å²) in [7, 11) is 1.81. The zero-order valence-corrected chi connectivity index (χ0v) is 10.2. The second kappa shape index (κ2) is 6.11. The summed E-state index contributed by atoms with van der Waals surface area (Å²) in [5, 5.41) is 5.98. The minimum atomic E-state index is -0.0797. The van der Waals surface area contributed by atoms with Crippen LogP contribution in [0, 0.1) is 11.8 Å². The maximum Gasteiger partial charge on any atom is 0.236 e. The third-order valence-electron chi connectivity index (χ3n) is 3.65. The molecule has 15 heavy (non-hydrogen) atoms. The summed E-state index contributed by atoms with van der Waals surface area (Å²) in [6.45, 7) is 5.04. The number of amides is 1. The first-order chi connectivity index (χ1) is 7.15. The van der Waals surface area contributed by atoms with E-state index < -0.39 is 0 Å². The van der Waals surface area contributed by atoms with Gasteiger partial charge in [0.15, 0.2) is 0 Å². The molecule has 3 unspecified atom stereocenters. The van der Waals surface area contributed by atoms with Crippen molar-refractivity contribution in [3.8, 4) is 0 Å². The zero-order chi connectivity index (χ0) is 11.3. The molecule has 88 valence electrons. The van der Waals surface area contributed by atoms with Crippen molar-refractivity contribution in [3.05, 3.63) is 0 Å². The van der Waals surface area contributed by atoms with Gasteiger partial charge >= 0.3 is 0 Å². The normalized spacial score (nSPS) is 28.5. The molecule has 3 atom stereocenters. The molecule has 0 saturated heterocycles. The molecular weight excluding hydrogens is 188 g/mol. The highest BCUT2D eigenvalue weighted by molar-refractivity contribution is 5.81. The number of nitrogens with one attached hydrogen (secondary N) is 2. The van der Waals surface area contributed by atoms with Gasteiger partial charge in [0.05, 0.1) is 6.04 Å². The van der Waals surface area contributed by atoms with Crippen LogP contribution in [0.5, 0.6) is 0 Å². The molecule has 3 nitrogen and oxygen atoms in total. The summed E-state index contributed by atoms with van der Waals surface area (Å²) < 4.78 is 0. The SMILES string of the molecule is CNC(C)C(=O)NCC1CCCCC1C. The van der Waals surface area contributed by atoms with Gasteiger partial charge in [-0.05, 0) is 32.2 Å². The lowest BCUT2D eigenvalue weighted by molar-refractivity contribution is -0.122. The zero-order valence-electron chi connectivity index (χ0n) is 10.2. The topological polar surface area (TPSA) is 41.1 Å². The Hall–Kier alpha value is -0.570. The van der Waals surface area contributed by atoms with Crippen molar-refractivity contribution >= 4 is 5.91 Å². The van der Waals surface area contributed by atoms with E-state index in [2.05, 4.69) is 17.6 Å². The van der Waals surface area contributed by atoms with E-state index in [-0.39, 0.29) is 11.9 Å². The third kappa shape index (κ3) is 3.82. The average molecular weight is 212 g/mol. The molecule has 0 spiro atoms. The van der Waals surface area contributed by atoms with Crippen molar-refractivity contribution in [1.29, 1.82) is 0 Å². The second-order valence-electron chi connectivity index (χ2n) is 4.78. The van der Waals surface area contributed by atoms with Gasteiger partial charge in [0.1, 0.15) is 0 Å². The fourth-order valence-electron chi connectivity index (χ4n) is 2.21. The standard InChI is InChI=1S/C12H24N2O/c1-9-6-4-5-7-11(9)8-14-12(15)10(2)13-3/h9-11,13H,4-8H2,1-3H3,(H,14,15). The van der Waals surface area contributed by atoms with Crippen LogP contribution in [0.4, 0.5) is 0 Å². The van der Waals surface area contributed by atoms with Gasteiger partial charge in [0, 0.05) is 6.54 Å². The van der Waals surface area contributed by atoms with E-state index in [1.807, 2.05) is 14.0 Å². The highest BCUT2D eigenvalue weighted by Gasteiger charge is 2.22. The van der Waals surface area contributed by atoms with Crippen LogP contribution >= 0.6 is 0 Å². The Morgan fingerprint density at radius 3 is 2.67 bits per heavy atom. The molecule has 2 N–H and O–H groups in total. The van der Waals surface area contributed by atoms with Crippen molar-refractivity contribution in [1.82, 2.24) is 10.6 Å². The molecule has 1 amide bonds. The Morgan fingerprint density at radius 2 is 2.07 bits per heavy atom. The van der Waals surface area contributed by atoms with Crippen LogP contribution in [0.2, 0.25) is 0 Å². The Bertz CT molecular complexity index is 206. The van der Waals surface area contributed by atoms with E-state index in [1.54, 1.807) is 0 Å². The Labute approximate surface area is 93.0 Å². The van der Waals surface area contributed by atoms with Crippen LogP contribution < -0.4 is 10.6 Å². The highest BCUT2D eigenvalue weighted by Crippen LogP contribution is 2.28. The van der Waals surface area contributed by atoms with E-state index in [0.717, 1.165) is 12.5 Å². The smallest absolute Gasteiger partial charge is 0.236 e. The molecule has 0 aromatic carbocycles. The first-order valence-corrected chi connectivity index (χ1v) is 6.10. The first-order valence-electron chi connectivity index (χ1n) is 6.10. The second-order valence-corrected chi connectivity index (χ2v) is 4.78. The van der Waals surface area contributed by atoms with Crippen LogP contribution in [0.1, 0.15) is 39.5 Å².